The predicted octanol–water partition coefficient (Wildman–Crippen LogP) is 2.82. The lowest BCUT2D eigenvalue weighted by Gasteiger charge is -2.12. The minimum atomic E-state index is 0.272. The van der Waals surface area contributed by atoms with Gasteiger partial charge in [0.05, 0.1) is 0 Å². The normalized spacial score (nSPS) is 16.0. The first kappa shape index (κ1) is 12.0. The summed E-state index contributed by atoms with van der Waals surface area (Å²) in [6.07, 6.45) is 5.46. The molecule has 4 heteroatoms. The fourth-order valence-corrected chi connectivity index (χ4v) is 2.79. The molecule has 3 nitrogen and oxygen atoms in total. The second-order valence-electron chi connectivity index (χ2n) is 4.65. The molecule has 1 aromatic rings. The summed E-state index contributed by atoms with van der Waals surface area (Å²) in [4.78, 5) is 4.51. The maximum absolute atomic E-state index is 8.79. The molecular formula is C12H20N2OS. The van der Waals surface area contributed by atoms with E-state index in [0.29, 0.717) is 12.0 Å². The molecule has 0 amide bonds. The summed E-state index contributed by atoms with van der Waals surface area (Å²) in [7, 11) is 0. The summed E-state index contributed by atoms with van der Waals surface area (Å²) in [5.41, 5.74) is 1.36. The van der Waals surface area contributed by atoms with Gasteiger partial charge in [-0.3, -0.25) is 0 Å². The molecule has 0 radical (unpaired) electrons. The zero-order valence-electron chi connectivity index (χ0n) is 10.0. The Bertz CT molecular complexity index is 345. The highest BCUT2D eigenvalue weighted by Gasteiger charge is 2.29. The third-order valence-corrected chi connectivity index (χ3v) is 3.88. The second kappa shape index (κ2) is 5.23. The first-order valence-corrected chi connectivity index (χ1v) is 7.03. The SMILES string of the molecule is CC(C)c1cnc(SCCCO)n1C1CC1. The Morgan fingerprint density at radius 2 is 2.31 bits per heavy atom. The van der Waals surface area contributed by atoms with Gasteiger partial charge in [-0.05, 0) is 25.2 Å². The van der Waals surface area contributed by atoms with Crippen LogP contribution in [0.4, 0.5) is 0 Å². The highest BCUT2D eigenvalue weighted by atomic mass is 32.2. The van der Waals surface area contributed by atoms with E-state index in [0.717, 1.165) is 17.3 Å². The summed E-state index contributed by atoms with van der Waals surface area (Å²) < 4.78 is 2.41. The van der Waals surface area contributed by atoms with E-state index in [1.165, 1.54) is 18.5 Å². The number of thioether (sulfide) groups is 1. The lowest BCUT2D eigenvalue weighted by molar-refractivity contribution is 0.296. The predicted molar refractivity (Wildman–Crippen MR) is 67.0 cm³/mol. The standard InChI is InChI=1S/C12H20N2OS/c1-9(2)11-8-13-12(16-7-3-6-15)14(11)10-4-5-10/h8-10,15H,3-7H2,1-2H3. The van der Waals surface area contributed by atoms with E-state index in [2.05, 4.69) is 23.4 Å². The smallest absolute Gasteiger partial charge is 0.168 e. The van der Waals surface area contributed by atoms with Gasteiger partial charge in [0.25, 0.3) is 0 Å². The van der Waals surface area contributed by atoms with Crippen molar-refractivity contribution < 1.29 is 5.11 Å². The average Bonchev–Trinajstić information content (AvgIpc) is 3.00. The highest BCUT2D eigenvalue weighted by Crippen LogP contribution is 2.40. The minimum Gasteiger partial charge on any atom is -0.396 e. The van der Waals surface area contributed by atoms with Crippen molar-refractivity contribution in [3.05, 3.63) is 11.9 Å². The third kappa shape index (κ3) is 2.61. The van der Waals surface area contributed by atoms with Crippen LogP contribution >= 0.6 is 11.8 Å². The lowest BCUT2D eigenvalue weighted by Crippen LogP contribution is -2.04. The second-order valence-corrected chi connectivity index (χ2v) is 5.71. The van der Waals surface area contributed by atoms with Gasteiger partial charge >= 0.3 is 0 Å². The molecule has 1 fully saturated rings. The van der Waals surface area contributed by atoms with Crippen LogP contribution in [-0.4, -0.2) is 27.0 Å². The van der Waals surface area contributed by atoms with Crippen molar-refractivity contribution in [3.8, 4) is 0 Å². The van der Waals surface area contributed by atoms with Crippen molar-refractivity contribution in [1.29, 1.82) is 0 Å². The Morgan fingerprint density at radius 3 is 2.88 bits per heavy atom. The molecule has 0 saturated heterocycles. The number of nitrogens with zero attached hydrogens (tertiary/aromatic N) is 2. The number of aromatic nitrogens is 2. The molecule has 0 bridgehead atoms. The minimum absolute atomic E-state index is 0.272. The van der Waals surface area contributed by atoms with Crippen molar-refractivity contribution in [1.82, 2.24) is 9.55 Å². The van der Waals surface area contributed by atoms with E-state index in [9.17, 15) is 0 Å². The molecule has 1 N–H and O–H groups in total. The molecule has 16 heavy (non-hydrogen) atoms. The summed E-state index contributed by atoms with van der Waals surface area (Å²) in [5.74, 6) is 1.50. The van der Waals surface area contributed by atoms with Gasteiger partial charge in [0.1, 0.15) is 0 Å². The molecule has 0 aromatic carbocycles. The average molecular weight is 240 g/mol. The van der Waals surface area contributed by atoms with Crippen LogP contribution < -0.4 is 0 Å². The van der Waals surface area contributed by atoms with E-state index in [1.54, 1.807) is 11.8 Å². The zero-order chi connectivity index (χ0) is 11.5. The van der Waals surface area contributed by atoms with Crippen molar-refractivity contribution in [2.45, 2.75) is 50.2 Å². The molecule has 1 aliphatic rings. The number of aliphatic hydroxyl groups excluding tert-OH is 1. The van der Waals surface area contributed by atoms with E-state index >= 15 is 0 Å². The zero-order valence-corrected chi connectivity index (χ0v) is 10.8. The quantitative estimate of drug-likeness (QED) is 0.614. The van der Waals surface area contributed by atoms with Crippen LogP contribution in [0.5, 0.6) is 0 Å². The van der Waals surface area contributed by atoms with Crippen LogP contribution in [0.1, 0.15) is 50.8 Å². The van der Waals surface area contributed by atoms with Crippen LogP contribution in [-0.2, 0) is 0 Å². The molecule has 0 aliphatic heterocycles. The molecule has 1 saturated carbocycles. The van der Waals surface area contributed by atoms with Crippen LogP contribution in [0.15, 0.2) is 11.4 Å². The van der Waals surface area contributed by atoms with Gasteiger partial charge in [0.15, 0.2) is 5.16 Å². The van der Waals surface area contributed by atoms with E-state index < -0.39 is 0 Å². The van der Waals surface area contributed by atoms with Gasteiger partial charge in [-0.25, -0.2) is 4.98 Å². The summed E-state index contributed by atoms with van der Waals surface area (Å²) in [6, 6.07) is 0.691. The Morgan fingerprint density at radius 1 is 1.56 bits per heavy atom. The Hall–Kier alpha value is -0.480. The Balaban J connectivity index is 2.11. The number of rotatable bonds is 6. The molecule has 2 rings (SSSR count). The van der Waals surface area contributed by atoms with Crippen LogP contribution in [0.2, 0.25) is 0 Å². The van der Waals surface area contributed by atoms with Gasteiger partial charge in [0, 0.05) is 30.3 Å². The largest absolute Gasteiger partial charge is 0.396 e. The molecular weight excluding hydrogens is 220 g/mol. The first-order valence-electron chi connectivity index (χ1n) is 6.04. The molecule has 0 spiro atoms. The van der Waals surface area contributed by atoms with Crippen LogP contribution in [0, 0.1) is 0 Å². The Labute approximate surface area is 101 Å². The van der Waals surface area contributed by atoms with Gasteiger partial charge in [-0.1, -0.05) is 25.6 Å². The number of hydrogen-bond donors (Lipinski definition) is 1. The first-order chi connectivity index (χ1) is 7.74. The maximum Gasteiger partial charge on any atom is 0.168 e. The molecule has 1 aromatic heterocycles. The number of hydrogen-bond acceptors (Lipinski definition) is 3. The van der Waals surface area contributed by atoms with Crippen molar-refractivity contribution >= 4 is 11.8 Å². The lowest BCUT2D eigenvalue weighted by atomic mass is 10.1. The van der Waals surface area contributed by atoms with Crippen LogP contribution in [0.25, 0.3) is 0 Å². The summed E-state index contributed by atoms with van der Waals surface area (Å²) >= 11 is 1.77. The monoisotopic (exact) mass is 240 g/mol. The molecule has 0 atom stereocenters. The highest BCUT2D eigenvalue weighted by molar-refractivity contribution is 7.99. The molecule has 1 heterocycles. The van der Waals surface area contributed by atoms with Crippen molar-refractivity contribution in [2.75, 3.05) is 12.4 Å². The van der Waals surface area contributed by atoms with Crippen molar-refractivity contribution in [2.24, 2.45) is 0 Å². The summed E-state index contributed by atoms with van der Waals surface area (Å²) in [5, 5.41) is 9.93. The van der Waals surface area contributed by atoms with E-state index in [4.69, 9.17) is 5.11 Å². The van der Waals surface area contributed by atoms with Gasteiger partial charge in [-0.2, -0.15) is 0 Å². The maximum atomic E-state index is 8.79. The Kier molecular flexibility index (Phi) is 3.92. The van der Waals surface area contributed by atoms with Gasteiger partial charge in [-0.15, -0.1) is 0 Å². The molecule has 0 unspecified atom stereocenters. The number of imidazole rings is 1. The third-order valence-electron chi connectivity index (χ3n) is 2.83. The van der Waals surface area contributed by atoms with Crippen LogP contribution in [0.3, 0.4) is 0 Å². The van der Waals surface area contributed by atoms with Gasteiger partial charge < -0.3 is 9.67 Å². The number of aliphatic hydroxyl groups is 1. The molecule has 90 valence electrons. The summed E-state index contributed by atoms with van der Waals surface area (Å²) in [6.45, 7) is 4.71. The van der Waals surface area contributed by atoms with E-state index in [1.807, 2.05) is 6.20 Å². The van der Waals surface area contributed by atoms with Crippen molar-refractivity contribution in [3.63, 3.8) is 0 Å². The van der Waals surface area contributed by atoms with E-state index in [-0.39, 0.29) is 6.61 Å². The topological polar surface area (TPSA) is 38.1 Å². The fourth-order valence-electron chi connectivity index (χ4n) is 1.82. The molecule has 1 aliphatic carbocycles. The van der Waals surface area contributed by atoms with Gasteiger partial charge in [0.2, 0.25) is 0 Å². The fraction of sp³-hybridized carbons (Fsp3) is 0.750.